The Morgan fingerprint density at radius 1 is 1.53 bits per heavy atom. The maximum absolute atomic E-state index is 4.91. The van der Waals surface area contributed by atoms with Gasteiger partial charge in [-0.3, -0.25) is 0 Å². The first-order valence-electron chi connectivity index (χ1n) is 4.76. The van der Waals surface area contributed by atoms with Gasteiger partial charge in [-0.25, -0.2) is 4.98 Å². The fourth-order valence-electron chi connectivity index (χ4n) is 1.29. The van der Waals surface area contributed by atoms with Crippen LogP contribution >= 0.6 is 0 Å². The molecule has 6 nitrogen and oxygen atoms in total. The van der Waals surface area contributed by atoms with E-state index in [-0.39, 0.29) is 0 Å². The third-order valence-electron chi connectivity index (χ3n) is 2.07. The van der Waals surface area contributed by atoms with Crippen molar-refractivity contribution < 1.29 is 4.52 Å². The lowest BCUT2D eigenvalue weighted by Gasteiger charge is -2.01. The summed E-state index contributed by atoms with van der Waals surface area (Å²) in [5.41, 5.74) is 0. The summed E-state index contributed by atoms with van der Waals surface area (Å²) in [4.78, 5) is 8.24. The van der Waals surface area contributed by atoms with Crippen molar-refractivity contribution in [3.63, 3.8) is 0 Å². The van der Waals surface area contributed by atoms with Crippen molar-refractivity contribution in [2.75, 3.05) is 11.9 Å². The molecule has 0 aromatic carbocycles. The minimum absolute atomic E-state index is 0.460. The van der Waals surface area contributed by atoms with Crippen molar-refractivity contribution in [1.29, 1.82) is 0 Å². The molecule has 0 atom stereocenters. The Labute approximate surface area is 87.3 Å². The molecule has 0 amide bonds. The van der Waals surface area contributed by atoms with E-state index in [4.69, 9.17) is 4.52 Å². The second kappa shape index (κ2) is 4.12. The van der Waals surface area contributed by atoms with E-state index < -0.39 is 0 Å². The van der Waals surface area contributed by atoms with Crippen molar-refractivity contribution in [1.82, 2.24) is 19.7 Å². The minimum Gasteiger partial charge on any atom is -0.338 e. The lowest BCUT2D eigenvalue weighted by Crippen LogP contribution is -2.08. The molecule has 2 aromatic heterocycles. The van der Waals surface area contributed by atoms with Gasteiger partial charge in [-0.15, -0.1) is 0 Å². The number of imidazole rings is 1. The number of hydrogen-bond acceptors (Lipinski definition) is 5. The zero-order valence-corrected chi connectivity index (χ0v) is 8.77. The van der Waals surface area contributed by atoms with Crippen LogP contribution in [0.2, 0.25) is 0 Å². The summed E-state index contributed by atoms with van der Waals surface area (Å²) >= 11 is 0. The fraction of sp³-hybridized carbons (Fsp3) is 0.444. The second-order valence-electron chi connectivity index (χ2n) is 3.28. The van der Waals surface area contributed by atoms with Gasteiger partial charge in [0, 0.05) is 32.4 Å². The van der Waals surface area contributed by atoms with Crippen molar-refractivity contribution in [2.24, 2.45) is 7.05 Å². The van der Waals surface area contributed by atoms with Gasteiger partial charge in [-0.1, -0.05) is 5.16 Å². The van der Waals surface area contributed by atoms with Gasteiger partial charge in [0.05, 0.1) is 0 Å². The molecule has 15 heavy (non-hydrogen) atoms. The Morgan fingerprint density at radius 3 is 3.00 bits per heavy atom. The summed E-state index contributed by atoms with van der Waals surface area (Å²) < 4.78 is 6.90. The van der Waals surface area contributed by atoms with E-state index in [1.807, 2.05) is 17.8 Å². The van der Waals surface area contributed by atoms with Gasteiger partial charge >= 0.3 is 6.01 Å². The zero-order valence-electron chi connectivity index (χ0n) is 8.77. The van der Waals surface area contributed by atoms with E-state index in [1.165, 1.54) is 0 Å². The molecular formula is C9H13N5O. The highest BCUT2D eigenvalue weighted by Crippen LogP contribution is 2.02. The van der Waals surface area contributed by atoms with E-state index in [0.29, 0.717) is 11.8 Å². The lowest BCUT2D eigenvalue weighted by molar-refractivity contribution is 0.425. The average molecular weight is 207 g/mol. The predicted octanol–water partition coefficient (Wildman–Crippen LogP) is 0.766. The number of aromatic nitrogens is 4. The fourth-order valence-corrected chi connectivity index (χ4v) is 1.29. The molecule has 6 heteroatoms. The molecule has 2 rings (SSSR count). The number of nitrogens with one attached hydrogen (secondary N) is 1. The third-order valence-corrected chi connectivity index (χ3v) is 2.07. The summed E-state index contributed by atoms with van der Waals surface area (Å²) in [7, 11) is 1.97. The van der Waals surface area contributed by atoms with Gasteiger partial charge < -0.3 is 14.4 Å². The first kappa shape index (κ1) is 9.70. The summed E-state index contributed by atoms with van der Waals surface area (Å²) in [5, 5.41) is 6.72. The summed E-state index contributed by atoms with van der Waals surface area (Å²) in [6.45, 7) is 2.51. The zero-order chi connectivity index (χ0) is 10.7. The van der Waals surface area contributed by atoms with Gasteiger partial charge in [0.2, 0.25) is 0 Å². The molecule has 0 aliphatic carbocycles. The van der Waals surface area contributed by atoms with Crippen LogP contribution in [0.1, 0.15) is 11.6 Å². The Balaban J connectivity index is 1.83. The van der Waals surface area contributed by atoms with Crippen LogP contribution in [0.4, 0.5) is 6.01 Å². The molecule has 0 fully saturated rings. The van der Waals surface area contributed by atoms with Crippen LogP contribution < -0.4 is 5.32 Å². The minimum atomic E-state index is 0.460. The topological polar surface area (TPSA) is 68.8 Å². The number of nitrogens with zero attached hydrogens (tertiary/aromatic N) is 4. The van der Waals surface area contributed by atoms with Crippen LogP contribution in [0.5, 0.6) is 0 Å². The lowest BCUT2D eigenvalue weighted by atomic mass is 10.4. The van der Waals surface area contributed by atoms with E-state index >= 15 is 0 Å². The van der Waals surface area contributed by atoms with Crippen molar-refractivity contribution in [2.45, 2.75) is 13.3 Å². The Bertz CT molecular complexity index is 433. The molecule has 0 saturated heterocycles. The van der Waals surface area contributed by atoms with Gasteiger partial charge in [0.25, 0.3) is 0 Å². The number of aryl methyl sites for hydroxylation is 2. The second-order valence-corrected chi connectivity index (χ2v) is 3.28. The third kappa shape index (κ3) is 2.34. The molecule has 80 valence electrons. The van der Waals surface area contributed by atoms with Crippen molar-refractivity contribution >= 4 is 6.01 Å². The van der Waals surface area contributed by atoms with E-state index in [1.54, 1.807) is 13.1 Å². The molecule has 0 bridgehead atoms. The largest absolute Gasteiger partial charge is 0.338 e. The molecule has 0 aliphatic heterocycles. The van der Waals surface area contributed by atoms with Crippen LogP contribution in [-0.4, -0.2) is 26.2 Å². The van der Waals surface area contributed by atoms with Gasteiger partial charge in [0.1, 0.15) is 5.82 Å². The van der Waals surface area contributed by atoms with E-state index in [0.717, 1.165) is 18.8 Å². The molecule has 2 aromatic rings. The number of anilines is 1. The average Bonchev–Trinajstić information content (AvgIpc) is 2.77. The maximum atomic E-state index is 4.91. The van der Waals surface area contributed by atoms with Gasteiger partial charge in [-0.05, 0) is 6.92 Å². The number of rotatable bonds is 4. The Morgan fingerprint density at radius 2 is 2.40 bits per heavy atom. The first-order valence-corrected chi connectivity index (χ1v) is 4.76. The standard InChI is InChI=1S/C9H13N5O/c1-7-12-9(15-13-7)11-4-3-8-10-5-6-14(8)2/h5-6H,3-4H2,1-2H3,(H,11,12,13). The molecule has 0 unspecified atom stereocenters. The van der Waals surface area contributed by atoms with E-state index in [2.05, 4.69) is 20.4 Å². The van der Waals surface area contributed by atoms with Crippen LogP contribution in [-0.2, 0) is 13.5 Å². The van der Waals surface area contributed by atoms with E-state index in [9.17, 15) is 0 Å². The molecule has 0 radical (unpaired) electrons. The molecular weight excluding hydrogens is 194 g/mol. The Kier molecular flexibility index (Phi) is 2.66. The number of hydrogen-bond donors (Lipinski definition) is 1. The maximum Gasteiger partial charge on any atom is 0.321 e. The highest BCUT2D eigenvalue weighted by Gasteiger charge is 2.02. The molecule has 0 saturated carbocycles. The first-order chi connectivity index (χ1) is 7.25. The quantitative estimate of drug-likeness (QED) is 0.801. The van der Waals surface area contributed by atoms with Gasteiger partial charge in [-0.2, -0.15) is 4.98 Å². The molecule has 2 heterocycles. The van der Waals surface area contributed by atoms with Crippen LogP contribution in [0.3, 0.4) is 0 Å². The Hall–Kier alpha value is -1.85. The SMILES string of the molecule is Cc1noc(NCCc2nccn2C)n1. The van der Waals surface area contributed by atoms with Crippen LogP contribution in [0.25, 0.3) is 0 Å². The van der Waals surface area contributed by atoms with Crippen LogP contribution in [0, 0.1) is 6.92 Å². The molecule has 1 N–H and O–H groups in total. The van der Waals surface area contributed by atoms with Crippen molar-refractivity contribution in [3.05, 3.63) is 24.0 Å². The van der Waals surface area contributed by atoms with Crippen LogP contribution in [0.15, 0.2) is 16.9 Å². The normalized spacial score (nSPS) is 10.5. The predicted molar refractivity (Wildman–Crippen MR) is 54.4 cm³/mol. The highest BCUT2D eigenvalue weighted by molar-refractivity contribution is 5.17. The summed E-state index contributed by atoms with van der Waals surface area (Å²) in [6, 6.07) is 0.460. The summed E-state index contributed by atoms with van der Waals surface area (Å²) in [6.07, 6.45) is 4.53. The highest BCUT2D eigenvalue weighted by atomic mass is 16.5. The molecule has 0 spiro atoms. The monoisotopic (exact) mass is 207 g/mol. The smallest absolute Gasteiger partial charge is 0.321 e. The molecule has 0 aliphatic rings. The summed E-state index contributed by atoms with van der Waals surface area (Å²) in [5.74, 6) is 1.66. The van der Waals surface area contributed by atoms with Gasteiger partial charge in [0.15, 0.2) is 5.82 Å². The van der Waals surface area contributed by atoms with Crippen molar-refractivity contribution in [3.8, 4) is 0 Å².